The molecule has 62 heavy (non-hydrogen) atoms. The Morgan fingerprint density at radius 3 is 1.00 bits per heavy atom. The lowest BCUT2D eigenvalue weighted by molar-refractivity contribution is -0.695. The van der Waals surface area contributed by atoms with E-state index in [-0.39, 0.29) is 6.42 Å². The fourth-order valence-corrected chi connectivity index (χ4v) is 6.53. The van der Waals surface area contributed by atoms with Crippen LogP contribution in [0.1, 0.15) is 11.3 Å². The number of nitrogens with zero attached hydrogens (tertiary/aromatic N) is 2. The van der Waals surface area contributed by atoms with Crippen LogP contribution in [0, 0.1) is 116 Å². The number of carboxylic acids is 1. The van der Waals surface area contributed by atoms with Crippen LogP contribution in [0.25, 0.3) is 0 Å². The van der Waals surface area contributed by atoms with Crippen molar-refractivity contribution in [1.29, 1.82) is 0 Å². The third-order valence-corrected chi connectivity index (χ3v) is 9.16. The van der Waals surface area contributed by atoms with Gasteiger partial charge in [-0.05, 0) is 0 Å². The highest BCUT2D eigenvalue weighted by atomic mass is 19.2. The molecule has 0 saturated heterocycles. The van der Waals surface area contributed by atoms with Crippen molar-refractivity contribution in [2.24, 2.45) is 0 Å². The molecule has 25 heteroatoms. The Hall–Kier alpha value is -6.69. The molecule has 0 saturated carbocycles. The van der Waals surface area contributed by atoms with Gasteiger partial charge in [-0.1, -0.05) is 30.3 Å². The Morgan fingerprint density at radius 2 is 0.726 bits per heavy atom. The maximum absolute atomic E-state index is 15.4. The van der Waals surface area contributed by atoms with E-state index >= 15 is 35.1 Å². The molecule has 0 aliphatic carbocycles. The maximum Gasteiger partial charge on any atom is 0.314 e. The summed E-state index contributed by atoms with van der Waals surface area (Å²) in [6.07, 6.45) is -2.18. The molecular weight excluding hydrogens is 895 g/mol. The van der Waals surface area contributed by atoms with Crippen LogP contribution in [-0.2, 0) is 17.8 Å². The molecular formula is C37H13BF20N2O2. The van der Waals surface area contributed by atoms with E-state index in [4.69, 9.17) is 5.11 Å². The standard InChI is InChI=1S/C24BF20.C13H12N2O2/c26-5-1(6(27)14(35)21(42)13(5)34)25(2-7(28)15(36)22(43)16(37)8(2)29,3-9(30)17(38)23(44)18(39)10(3)31)4-11(32)19(40)24(45)20(41)12(4)33;16-13(17)8-12-9-14-6-7-15(12)10-11-4-2-1-3-5-11/h;1-7,9H,8,10H2/q-1;/p+1. The first-order chi connectivity index (χ1) is 29.0. The van der Waals surface area contributed by atoms with Gasteiger partial charge < -0.3 is 5.11 Å². The third kappa shape index (κ3) is 7.41. The van der Waals surface area contributed by atoms with Crippen LogP contribution < -0.4 is 26.4 Å². The summed E-state index contributed by atoms with van der Waals surface area (Å²) in [6, 6.07) is 9.91. The molecule has 0 amide bonds. The molecule has 4 nitrogen and oxygen atoms in total. The highest BCUT2D eigenvalue weighted by Crippen LogP contribution is 2.30. The molecule has 0 aliphatic heterocycles. The summed E-state index contributed by atoms with van der Waals surface area (Å²) >= 11 is 0. The number of benzene rings is 5. The molecule has 1 N–H and O–H groups in total. The Kier molecular flexibility index (Phi) is 13.0. The lowest BCUT2D eigenvalue weighted by Gasteiger charge is -2.44. The first-order valence-corrected chi connectivity index (χ1v) is 16.3. The van der Waals surface area contributed by atoms with Gasteiger partial charge >= 0.3 is 5.97 Å². The number of carbonyl (C=O) groups is 1. The van der Waals surface area contributed by atoms with Crippen LogP contribution in [0.5, 0.6) is 0 Å². The van der Waals surface area contributed by atoms with Crippen LogP contribution >= 0.6 is 0 Å². The van der Waals surface area contributed by atoms with Crippen molar-refractivity contribution in [3.8, 4) is 0 Å². The van der Waals surface area contributed by atoms with E-state index in [0.29, 0.717) is 12.2 Å². The van der Waals surface area contributed by atoms with E-state index in [1.807, 2.05) is 34.9 Å². The molecule has 0 unspecified atom stereocenters. The summed E-state index contributed by atoms with van der Waals surface area (Å²) in [5.41, 5.74) is -12.5. The van der Waals surface area contributed by atoms with Crippen LogP contribution in [0.4, 0.5) is 87.8 Å². The summed E-state index contributed by atoms with van der Waals surface area (Å²) in [7, 11) is 0. The van der Waals surface area contributed by atoms with Crippen molar-refractivity contribution in [1.82, 2.24) is 4.98 Å². The number of halogens is 20. The van der Waals surface area contributed by atoms with E-state index < -0.39 is 150 Å². The van der Waals surface area contributed by atoms with E-state index in [1.54, 1.807) is 18.6 Å². The van der Waals surface area contributed by atoms with Crippen LogP contribution in [-0.4, -0.2) is 22.2 Å². The van der Waals surface area contributed by atoms with Crippen LogP contribution in [0.15, 0.2) is 48.9 Å². The van der Waals surface area contributed by atoms with Crippen molar-refractivity contribution < 1.29 is 102 Å². The SMILES string of the molecule is Fc1c(F)c(F)c([B-](c2c(F)c(F)c(F)c(F)c2F)(c2c(F)c(F)c(F)c(F)c2F)c2c(F)c(F)c(F)c(F)c2F)c(F)c1F.O=C(O)Cc1cncc[n+]1Cc1ccccc1. The molecule has 0 bridgehead atoms. The summed E-state index contributed by atoms with van der Waals surface area (Å²) in [6.45, 7) is 0.659. The largest absolute Gasteiger partial charge is 0.481 e. The minimum absolute atomic E-state index is 0.0132. The van der Waals surface area contributed by atoms with Crippen LogP contribution in [0.3, 0.4) is 0 Å². The molecule has 6 rings (SSSR count). The van der Waals surface area contributed by atoms with Gasteiger partial charge in [-0.3, -0.25) is 9.78 Å². The normalized spacial score (nSPS) is 11.5. The quantitative estimate of drug-likeness (QED) is 0.0596. The summed E-state index contributed by atoms with van der Waals surface area (Å²) in [5, 5.41) is 8.82. The Labute approximate surface area is 330 Å². The van der Waals surface area contributed by atoms with E-state index in [9.17, 15) is 57.5 Å². The molecule has 1 aromatic heterocycles. The lowest BCUT2D eigenvalue weighted by atomic mass is 9.12. The third-order valence-electron chi connectivity index (χ3n) is 9.16. The van der Waals surface area contributed by atoms with Gasteiger partial charge in [0.05, 0.1) is 12.4 Å². The van der Waals surface area contributed by atoms with Crippen molar-refractivity contribution in [3.05, 3.63) is 177 Å². The predicted octanol–water partition coefficient (Wildman–Crippen LogP) is 6.89. The molecule has 0 atom stereocenters. The molecule has 1 heterocycles. The number of aliphatic carboxylic acids is 1. The summed E-state index contributed by atoms with van der Waals surface area (Å²) in [4.78, 5) is 14.7. The number of carboxylic acid groups (broad SMARTS) is 1. The summed E-state index contributed by atoms with van der Waals surface area (Å²) < 4.78 is 296. The Balaban J connectivity index is 0.000000355. The number of hydrogen-bond donors (Lipinski definition) is 1. The Bertz CT molecular complexity index is 2410. The van der Waals surface area contributed by atoms with Gasteiger partial charge in [0.15, 0.2) is 82.5 Å². The van der Waals surface area contributed by atoms with Gasteiger partial charge in [0.2, 0.25) is 5.69 Å². The van der Waals surface area contributed by atoms with Gasteiger partial charge in [0.25, 0.3) is 0 Å². The second kappa shape index (κ2) is 17.4. The smallest absolute Gasteiger partial charge is 0.314 e. The molecule has 0 spiro atoms. The zero-order chi connectivity index (χ0) is 46.4. The number of aromatic nitrogens is 2. The van der Waals surface area contributed by atoms with Gasteiger partial charge in [-0.25, -0.2) is 87.8 Å². The minimum Gasteiger partial charge on any atom is -0.481 e. The van der Waals surface area contributed by atoms with Crippen molar-refractivity contribution >= 4 is 34.0 Å². The van der Waals surface area contributed by atoms with E-state index in [0.717, 1.165) is 5.56 Å². The van der Waals surface area contributed by atoms with Gasteiger partial charge in [-0.2, -0.15) is 4.57 Å². The second-order valence-electron chi connectivity index (χ2n) is 12.6. The minimum atomic E-state index is -7.22. The van der Waals surface area contributed by atoms with Gasteiger partial charge in [0, 0.05) is 5.56 Å². The van der Waals surface area contributed by atoms with Crippen molar-refractivity contribution in [3.63, 3.8) is 0 Å². The maximum atomic E-state index is 15.4. The molecule has 6 aromatic rings. The van der Waals surface area contributed by atoms with Crippen molar-refractivity contribution in [2.75, 3.05) is 0 Å². The first kappa shape index (κ1) is 46.4. The van der Waals surface area contributed by atoms with E-state index in [2.05, 4.69) is 4.98 Å². The fourth-order valence-electron chi connectivity index (χ4n) is 6.53. The van der Waals surface area contributed by atoms with Crippen LogP contribution in [0.2, 0.25) is 0 Å². The van der Waals surface area contributed by atoms with Gasteiger partial charge in [-0.15, -0.1) is 21.9 Å². The number of rotatable bonds is 8. The Morgan fingerprint density at radius 1 is 0.452 bits per heavy atom. The van der Waals surface area contributed by atoms with Gasteiger partial charge in [0.1, 0.15) is 59.1 Å². The molecule has 0 radical (unpaired) electrons. The van der Waals surface area contributed by atoms with E-state index in [1.165, 1.54) is 0 Å². The molecule has 0 fully saturated rings. The monoisotopic (exact) mass is 908 g/mol. The van der Waals surface area contributed by atoms with Crippen molar-refractivity contribution in [2.45, 2.75) is 13.0 Å². The molecule has 0 aliphatic rings. The lowest BCUT2D eigenvalue weighted by Crippen LogP contribution is -2.81. The zero-order valence-electron chi connectivity index (χ0n) is 29.4. The average molecular weight is 908 g/mol. The highest BCUT2D eigenvalue weighted by molar-refractivity contribution is 7.20. The highest BCUT2D eigenvalue weighted by Gasteiger charge is 2.52. The zero-order valence-corrected chi connectivity index (χ0v) is 29.4. The number of hydrogen-bond acceptors (Lipinski definition) is 2. The molecule has 5 aromatic carbocycles. The summed E-state index contributed by atoms with van der Waals surface area (Å²) in [5.74, 6) is -72.3. The fraction of sp³-hybridized carbons (Fsp3) is 0.0541. The predicted molar refractivity (Wildman–Crippen MR) is 171 cm³/mol. The average Bonchev–Trinajstić information content (AvgIpc) is 3.24. The topological polar surface area (TPSA) is 54.1 Å². The first-order valence-electron chi connectivity index (χ1n) is 16.3. The second-order valence-corrected chi connectivity index (χ2v) is 12.6. The molecule has 326 valence electrons.